The minimum Gasteiger partial charge on any atom is -0.396 e. The van der Waals surface area contributed by atoms with E-state index in [4.69, 9.17) is 5.11 Å². The molecule has 5 atom stereocenters. The number of nitrogens with one attached hydrogen (secondary N) is 1. The van der Waals surface area contributed by atoms with Gasteiger partial charge in [-0.25, -0.2) is 0 Å². The van der Waals surface area contributed by atoms with Crippen LogP contribution in [-0.2, 0) is 0 Å². The van der Waals surface area contributed by atoms with E-state index in [-0.39, 0.29) is 23.8 Å². The Hall–Kier alpha value is -0.300. The van der Waals surface area contributed by atoms with Crippen molar-refractivity contribution in [2.45, 2.75) is 29.9 Å². The molecule has 1 aliphatic heterocycles. The van der Waals surface area contributed by atoms with Crippen LogP contribution in [0, 0.1) is 5.92 Å². The molecule has 1 aliphatic carbocycles. The van der Waals surface area contributed by atoms with Crippen LogP contribution in [0.5, 0.6) is 0 Å². The lowest BCUT2D eigenvalue weighted by atomic mass is 9.81. The van der Waals surface area contributed by atoms with Gasteiger partial charge in [-0.05, 0) is 6.42 Å². The Labute approximate surface area is 92.6 Å². The summed E-state index contributed by atoms with van der Waals surface area (Å²) in [7, 11) is 1.69. The van der Waals surface area contributed by atoms with Gasteiger partial charge >= 0.3 is 0 Å². The second kappa shape index (κ2) is 4.29. The van der Waals surface area contributed by atoms with Crippen molar-refractivity contribution in [1.29, 1.82) is 0 Å². The van der Waals surface area contributed by atoms with Crippen molar-refractivity contribution in [3.05, 3.63) is 0 Å². The average molecular weight is 232 g/mol. The first-order chi connectivity index (χ1) is 7.17. The fourth-order valence-electron chi connectivity index (χ4n) is 2.22. The summed E-state index contributed by atoms with van der Waals surface area (Å²) in [6.07, 6.45) is -0.969. The van der Waals surface area contributed by atoms with Crippen molar-refractivity contribution in [1.82, 2.24) is 5.32 Å². The molecule has 0 radical (unpaired) electrons. The molecule has 2 fully saturated rings. The van der Waals surface area contributed by atoms with Crippen LogP contribution in [0.25, 0.3) is 0 Å². The molecule has 5 nitrogen and oxygen atoms in total. The molecule has 4 N–H and O–H groups in total. The molecule has 0 bridgehead atoms. The van der Waals surface area contributed by atoms with Crippen LogP contribution in [0.1, 0.15) is 6.42 Å². The van der Waals surface area contributed by atoms with Crippen LogP contribution in [0.4, 0.5) is 0 Å². The van der Waals surface area contributed by atoms with E-state index >= 15 is 0 Å². The van der Waals surface area contributed by atoms with Crippen LogP contribution >= 0.6 is 11.8 Å². The molecular formula is C9H16N2O3S. The molecule has 0 amide bonds. The second-order valence-corrected chi connectivity index (χ2v) is 5.24. The molecule has 0 spiro atoms. The van der Waals surface area contributed by atoms with E-state index in [1.807, 2.05) is 0 Å². The number of nitrogens with zero attached hydrogens (tertiary/aromatic N) is 1. The molecule has 2 rings (SSSR count). The van der Waals surface area contributed by atoms with Gasteiger partial charge in [-0.2, -0.15) is 0 Å². The van der Waals surface area contributed by atoms with Gasteiger partial charge in [0.25, 0.3) is 0 Å². The number of aliphatic hydroxyl groups excluding tert-OH is 3. The summed E-state index contributed by atoms with van der Waals surface area (Å²) in [5, 5.41) is 32.8. The van der Waals surface area contributed by atoms with Gasteiger partial charge in [0.2, 0.25) is 0 Å². The van der Waals surface area contributed by atoms with E-state index in [0.717, 1.165) is 5.17 Å². The smallest absolute Gasteiger partial charge is 0.156 e. The number of thioether (sulfide) groups is 1. The van der Waals surface area contributed by atoms with E-state index in [9.17, 15) is 10.2 Å². The van der Waals surface area contributed by atoms with Gasteiger partial charge in [-0.15, -0.1) is 0 Å². The minimum atomic E-state index is -0.847. The van der Waals surface area contributed by atoms with Crippen LogP contribution in [0.15, 0.2) is 4.99 Å². The average Bonchev–Trinajstić information content (AvgIpc) is 2.66. The van der Waals surface area contributed by atoms with Gasteiger partial charge in [0.1, 0.15) is 6.10 Å². The van der Waals surface area contributed by atoms with Crippen LogP contribution in [0.3, 0.4) is 0 Å². The summed E-state index contributed by atoms with van der Waals surface area (Å²) in [5.74, 6) is -0.230. The predicted molar refractivity (Wildman–Crippen MR) is 58.9 cm³/mol. The summed E-state index contributed by atoms with van der Waals surface area (Å²) in [5.41, 5.74) is 0. The molecule has 0 aromatic carbocycles. The third-order valence-corrected chi connectivity index (χ3v) is 4.44. The monoisotopic (exact) mass is 232 g/mol. The van der Waals surface area contributed by atoms with Crippen LogP contribution in [0.2, 0.25) is 0 Å². The van der Waals surface area contributed by atoms with Crippen molar-refractivity contribution in [3.8, 4) is 0 Å². The summed E-state index contributed by atoms with van der Waals surface area (Å²) < 4.78 is 0. The Kier molecular flexibility index (Phi) is 3.20. The van der Waals surface area contributed by atoms with E-state index in [1.54, 1.807) is 18.8 Å². The van der Waals surface area contributed by atoms with Crippen molar-refractivity contribution >= 4 is 16.9 Å². The number of amidine groups is 1. The largest absolute Gasteiger partial charge is 0.396 e. The van der Waals surface area contributed by atoms with Crippen molar-refractivity contribution in [2.24, 2.45) is 10.9 Å². The van der Waals surface area contributed by atoms with Gasteiger partial charge in [0, 0.05) is 24.8 Å². The number of rotatable bonds is 1. The highest BCUT2D eigenvalue weighted by molar-refractivity contribution is 8.14. The Bertz CT molecular complexity index is 274. The van der Waals surface area contributed by atoms with Gasteiger partial charge in [0.05, 0.1) is 12.1 Å². The predicted octanol–water partition coefficient (Wildman–Crippen LogP) is -1.22. The molecule has 0 aromatic rings. The zero-order chi connectivity index (χ0) is 11.0. The maximum atomic E-state index is 9.87. The number of aliphatic imine (C=N–C) groups is 1. The highest BCUT2D eigenvalue weighted by Gasteiger charge is 2.47. The van der Waals surface area contributed by atoms with E-state index in [0.29, 0.717) is 6.42 Å². The molecule has 6 heteroatoms. The zero-order valence-corrected chi connectivity index (χ0v) is 9.31. The quantitative estimate of drug-likeness (QED) is 0.455. The first-order valence-electron chi connectivity index (χ1n) is 5.04. The Morgan fingerprint density at radius 3 is 2.80 bits per heavy atom. The lowest BCUT2D eigenvalue weighted by molar-refractivity contribution is -0.0680. The number of hydrogen-bond acceptors (Lipinski definition) is 5. The van der Waals surface area contributed by atoms with Gasteiger partial charge in [0.15, 0.2) is 5.17 Å². The lowest BCUT2D eigenvalue weighted by Crippen LogP contribution is -2.56. The second-order valence-electron chi connectivity index (χ2n) is 4.01. The highest BCUT2D eigenvalue weighted by atomic mass is 32.2. The lowest BCUT2D eigenvalue weighted by Gasteiger charge is -2.37. The molecule has 86 valence electrons. The molecule has 1 heterocycles. The van der Waals surface area contributed by atoms with Crippen molar-refractivity contribution in [2.75, 3.05) is 13.7 Å². The fourth-order valence-corrected chi connectivity index (χ4v) is 3.53. The van der Waals surface area contributed by atoms with Crippen molar-refractivity contribution < 1.29 is 15.3 Å². The third-order valence-electron chi connectivity index (χ3n) is 3.13. The number of fused-ring (bicyclic) bond motifs is 1. The molecule has 1 saturated carbocycles. The molecule has 4 unspecified atom stereocenters. The molecule has 1 saturated heterocycles. The van der Waals surface area contributed by atoms with Gasteiger partial charge in [-0.3, -0.25) is 4.99 Å². The first-order valence-corrected chi connectivity index (χ1v) is 5.92. The van der Waals surface area contributed by atoms with E-state index < -0.39 is 12.2 Å². The summed E-state index contributed by atoms with van der Waals surface area (Å²) in [6.45, 7) is -0.0827. The summed E-state index contributed by atoms with van der Waals surface area (Å²) in [4.78, 5) is 4.04. The van der Waals surface area contributed by atoms with E-state index in [2.05, 4.69) is 10.3 Å². The van der Waals surface area contributed by atoms with Crippen molar-refractivity contribution in [3.63, 3.8) is 0 Å². The standard InChI is InChI=1S/C9H16N2O3S/c1-10-9-11-6-5(15-9)2-4(3-12)7(13)8(6)14/h4-8,12-14H,2-3H2,1H3,(H,10,11)/t4?,5-,6?,7?,8?/m1/s1. The molecular weight excluding hydrogens is 216 g/mol. The molecule has 0 aromatic heterocycles. The van der Waals surface area contributed by atoms with E-state index in [1.165, 1.54) is 0 Å². The van der Waals surface area contributed by atoms with Gasteiger partial charge in [-0.1, -0.05) is 11.8 Å². The summed E-state index contributed by atoms with van der Waals surface area (Å²) in [6, 6.07) is -0.147. The number of aliphatic hydroxyl groups is 3. The fraction of sp³-hybridized carbons (Fsp3) is 0.889. The molecule has 15 heavy (non-hydrogen) atoms. The zero-order valence-electron chi connectivity index (χ0n) is 8.50. The Morgan fingerprint density at radius 2 is 2.20 bits per heavy atom. The van der Waals surface area contributed by atoms with Crippen LogP contribution < -0.4 is 5.32 Å². The normalized spacial score (nSPS) is 47.7. The third kappa shape index (κ3) is 1.87. The maximum absolute atomic E-state index is 9.87. The highest BCUT2D eigenvalue weighted by Crippen LogP contribution is 2.37. The summed E-state index contributed by atoms with van der Waals surface area (Å²) >= 11 is 1.58. The molecule has 2 aliphatic rings. The first kappa shape index (κ1) is 11.2. The Morgan fingerprint density at radius 1 is 1.47 bits per heavy atom. The number of hydrogen-bond donors (Lipinski definition) is 4. The SMILES string of the molecule is CN=C1NC2C(O)C(O)C(CO)C[C@H]2S1. The minimum absolute atomic E-state index is 0.0827. The van der Waals surface area contributed by atoms with Gasteiger partial charge < -0.3 is 20.6 Å². The van der Waals surface area contributed by atoms with Crippen LogP contribution in [-0.4, -0.2) is 57.6 Å². The maximum Gasteiger partial charge on any atom is 0.156 e. The Balaban J connectivity index is 2.13. The topological polar surface area (TPSA) is 85.1 Å².